The SMILES string of the molecule is CCCCOC(=O)C(CC)OC(C)C. The summed E-state index contributed by atoms with van der Waals surface area (Å²) in [5, 5.41) is 0. The third kappa shape index (κ3) is 5.97. The molecule has 0 amide bonds. The largest absolute Gasteiger partial charge is 0.464 e. The van der Waals surface area contributed by atoms with Crippen LogP contribution in [0.5, 0.6) is 0 Å². The molecule has 0 saturated heterocycles. The van der Waals surface area contributed by atoms with E-state index in [0.29, 0.717) is 13.0 Å². The van der Waals surface area contributed by atoms with Crippen LogP contribution in [0.3, 0.4) is 0 Å². The summed E-state index contributed by atoms with van der Waals surface area (Å²) in [5.41, 5.74) is 0. The lowest BCUT2D eigenvalue weighted by Gasteiger charge is -2.17. The summed E-state index contributed by atoms with van der Waals surface area (Å²) in [4.78, 5) is 11.4. The van der Waals surface area contributed by atoms with Crippen LogP contribution in [0.25, 0.3) is 0 Å². The molecule has 0 radical (unpaired) electrons. The third-order valence-electron chi connectivity index (χ3n) is 1.81. The van der Waals surface area contributed by atoms with Crippen LogP contribution in [-0.4, -0.2) is 24.8 Å². The maximum Gasteiger partial charge on any atom is 0.335 e. The number of carbonyl (C=O) groups is 1. The van der Waals surface area contributed by atoms with Crippen LogP contribution < -0.4 is 0 Å². The standard InChI is InChI=1S/C11H22O3/c1-5-7-8-13-11(12)10(6-2)14-9(3)4/h9-10H,5-8H2,1-4H3. The highest BCUT2D eigenvalue weighted by Crippen LogP contribution is 2.05. The monoisotopic (exact) mass is 202 g/mol. The van der Waals surface area contributed by atoms with Crippen LogP contribution in [0.2, 0.25) is 0 Å². The third-order valence-corrected chi connectivity index (χ3v) is 1.81. The highest BCUT2D eigenvalue weighted by molar-refractivity contribution is 5.74. The second-order valence-electron chi connectivity index (χ2n) is 3.60. The van der Waals surface area contributed by atoms with Gasteiger partial charge < -0.3 is 9.47 Å². The molecule has 84 valence electrons. The van der Waals surface area contributed by atoms with Crippen LogP contribution in [0, 0.1) is 0 Å². The lowest BCUT2D eigenvalue weighted by Crippen LogP contribution is -2.28. The van der Waals surface area contributed by atoms with E-state index in [1.165, 1.54) is 0 Å². The Balaban J connectivity index is 3.79. The molecule has 1 unspecified atom stereocenters. The van der Waals surface area contributed by atoms with Crippen molar-refractivity contribution < 1.29 is 14.3 Å². The molecule has 0 heterocycles. The Kier molecular flexibility index (Phi) is 7.48. The molecule has 0 rings (SSSR count). The second kappa shape index (κ2) is 7.80. The van der Waals surface area contributed by atoms with Gasteiger partial charge in [-0.15, -0.1) is 0 Å². The lowest BCUT2D eigenvalue weighted by molar-refractivity contribution is -0.160. The van der Waals surface area contributed by atoms with Gasteiger partial charge in [0.2, 0.25) is 0 Å². The van der Waals surface area contributed by atoms with Crippen molar-refractivity contribution in [1.29, 1.82) is 0 Å². The summed E-state index contributed by atoms with van der Waals surface area (Å²) >= 11 is 0. The molecular formula is C11H22O3. The molecule has 1 atom stereocenters. The van der Waals surface area contributed by atoms with Crippen molar-refractivity contribution in [3.05, 3.63) is 0 Å². The van der Waals surface area contributed by atoms with Gasteiger partial charge in [0.05, 0.1) is 12.7 Å². The fraction of sp³-hybridized carbons (Fsp3) is 0.909. The summed E-state index contributed by atoms with van der Waals surface area (Å²) in [6.07, 6.45) is 2.30. The minimum absolute atomic E-state index is 0.0682. The first-order chi connectivity index (χ1) is 6.61. The first-order valence-corrected chi connectivity index (χ1v) is 5.43. The van der Waals surface area contributed by atoms with Crippen molar-refractivity contribution in [2.75, 3.05) is 6.61 Å². The van der Waals surface area contributed by atoms with E-state index in [1.807, 2.05) is 20.8 Å². The van der Waals surface area contributed by atoms with Gasteiger partial charge >= 0.3 is 5.97 Å². The zero-order valence-corrected chi connectivity index (χ0v) is 9.71. The fourth-order valence-electron chi connectivity index (χ4n) is 1.06. The molecule has 0 saturated carbocycles. The van der Waals surface area contributed by atoms with Crippen LogP contribution in [-0.2, 0) is 14.3 Å². The Morgan fingerprint density at radius 2 is 1.93 bits per heavy atom. The quantitative estimate of drug-likeness (QED) is 0.470. The molecule has 0 aromatic rings. The smallest absolute Gasteiger partial charge is 0.335 e. The molecule has 0 spiro atoms. The van der Waals surface area contributed by atoms with E-state index in [9.17, 15) is 4.79 Å². The predicted molar refractivity (Wildman–Crippen MR) is 56.2 cm³/mol. The summed E-state index contributed by atoms with van der Waals surface area (Å²) in [7, 11) is 0. The Morgan fingerprint density at radius 3 is 2.36 bits per heavy atom. The van der Waals surface area contributed by atoms with E-state index >= 15 is 0 Å². The first-order valence-electron chi connectivity index (χ1n) is 5.43. The molecule has 0 fully saturated rings. The number of carbonyl (C=O) groups excluding carboxylic acids is 1. The Morgan fingerprint density at radius 1 is 1.29 bits per heavy atom. The minimum Gasteiger partial charge on any atom is -0.464 e. The van der Waals surface area contributed by atoms with Crippen molar-refractivity contribution in [1.82, 2.24) is 0 Å². The van der Waals surface area contributed by atoms with Gasteiger partial charge in [0.1, 0.15) is 0 Å². The predicted octanol–water partition coefficient (Wildman–Crippen LogP) is 2.53. The van der Waals surface area contributed by atoms with Crippen LogP contribution in [0.1, 0.15) is 47.0 Å². The molecule has 0 aliphatic carbocycles. The number of rotatable bonds is 7. The normalized spacial score (nSPS) is 12.9. The Bertz CT molecular complexity index is 155. The molecule has 0 aromatic carbocycles. The second-order valence-corrected chi connectivity index (χ2v) is 3.60. The zero-order valence-electron chi connectivity index (χ0n) is 9.71. The van der Waals surface area contributed by atoms with Gasteiger partial charge in [0.15, 0.2) is 6.10 Å². The van der Waals surface area contributed by atoms with Crippen molar-refractivity contribution in [2.45, 2.75) is 59.2 Å². The molecule has 0 bridgehead atoms. The van der Waals surface area contributed by atoms with Crippen LogP contribution in [0.15, 0.2) is 0 Å². The molecule has 0 aliphatic rings. The van der Waals surface area contributed by atoms with Crippen LogP contribution in [0.4, 0.5) is 0 Å². The van der Waals surface area contributed by atoms with Gasteiger partial charge in [-0.1, -0.05) is 20.3 Å². The van der Waals surface area contributed by atoms with Gasteiger partial charge in [0, 0.05) is 0 Å². The Labute approximate surface area is 86.8 Å². The number of hydrogen-bond donors (Lipinski definition) is 0. The number of esters is 1. The highest BCUT2D eigenvalue weighted by Gasteiger charge is 2.19. The maximum absolute atomic E-state index is 11.4. The van der Waals surface area contributed by atoms with Crippen LogP contribution >= 0.6 is 0 Å². The van der Waals surface area contributed by atoms with Crippen molar-refractivity contribution in [3.8, 4) is 0 Å². The minimum atomic E-state index is -0.396. The molecule has 0 aromatic heterocycles. The average molecular weight is 202 g/mol. The molecule has 0 aliphatic heterocycles. The van der Waals surface area contributed by atoms with Gasteiger partial charge in [-0.3, -0.25) is 0 Å². The maximum atomic E-state index is 11.4. The van der Waals surface area contributed by atoms with Gasteiger partial charge in [-0.05, 0) is 26.7 Å². The summed E-state index contributed by atoms with van der Waals surface area (Å²) < 4.78 is 10.5. The van der Waals surface area contributed by atoms with E-state index in [0.717, 1.165) is 12.8 Å². The van der Waals surface area contributed by atoms with Crippen molar-refractivity contribution >= 4 is 5.97 Å². The van der Waals surface area contributed by atoms with Crippen molar-refractivity contribution in [2.24, 2.45) is 0 Å². The topological polar surface area (TPSA) is 35.5 Å². The summed E-state index contributed by atoms with van der Waals surface area (Å²) in [5.74, 6) is -0.227. The van der Waals surface area contributed by atoms with Gasteiger partial charge in [-0.2, -0.15) is 0 Å². The molecule has 3 heteroatoms. The van der Waals surface area contributed by atoms with E-state index in [2.05, 4.69) is 6.92 Å². The number of hydrogen-bond acceptors (Lipinski definition) is 3. The van der Waals surface area contributed by atoms with E-state index in [4.69, 9.17) is 9.47 Å². The molecule has 14 heavy (non-hydrogen) atoms. The zero-order chi connectivity index (χ0) is 11.0. The fourth-order valence-corrected chi connectivity index (χ4v) is 1.06. The van der Waals surface area contributed by atoms with Gasteiger partial charge in [-0.25, -0.2) is 4.79 Å². The molecular weight excluding hydrogens is 180 g/mol. The van der Waals surface area contributed by atoms with Gasteiger partial charge in [0.25, 0.3) is 0 Å². The average Bonchev–Trinajstić information content (AvgIpc) is 2.14. The highest BCUT2D eigenvalue weighted by atomic mass is 16.6. The summed E-state index contributed by atoms with van der Waals surface area (Å²) in [6, 6.07) is 0. The van der Waals surface area contributed by atoms with E-state index < -0.39 is 6.10 Å². The number of unbranched alkanes of at least 4 members (excludes halogenated alkanes) is 1. The summed E-state index contributed by atoms with van der Waals surface area (Å²) in [6.45, 7) is 8.33. The van der Waals surface area contributed by atoms with Crippen molar-refractivity contribution in [3.63, 3.8) is 0 Å². The lowest BCUT2D eigenvalue weighted by atomic mass is 10.2. The first kappa shape index (κ1) is 13.4. The number of ether oxygens (including phenoxy) is 2. The van der Waals surface area contributed by atoms with E-state index in [-0.39, 0.29) is 12.1 Å². The molecule has 3 nitrogen and oxygen atoms in total. The molecule has 0 N–H and O–H groups in total. The van der Waals surface area contributed by atoms with E-state index in [1.54, 1.807) is 0 Å². The Hall–Kier alpha value is -0.570.